The van der Waals surface area contributed by atoms with Gasteiger partial charge in [0.25, 0.3) is 0 Å². The molecule has 0 aromatic rings. The molecule has 0 unspecified atom stereocenters. The van der Waals surface area contributed by atoms with E-state index < -0.39 is 0 Å². The second-order valence-corrected chi connectivity index (χ2v) is 1.93. The van der Waals surface area contributed by atoms with Crippen molar-refractivity contribution in [2.24, 2.45) is 5.84 Å². The lowest BCUT2D eigenvalue weighted by molar-refractivity contribution is 0.277. The van der Waals surface area contributed by atoms with Gasteiger partial charge in [0, 0.05) is 12.6 Å². The summed E-state index contributed by atoms with van der Waals surface area (Å²) in [5.41, 5.74) is 2.59. The second kappa shape index (κ2) is 5.03. The van der Waals surface area contributed by atoms with Gasteiger partial charge in [-0.25, -0.2) is 0 Å². The van der Waals surface area contributed by atoms with Gasteiger partial charge in [0.2, 0.25) is 0 Å². The minimum absolute atomic E-state index is 0.256. The lowest BCUT2D eigenvalue weighted by atomic mass is 10.2. The Labute approximate surface area is 49.9 Å². The first-order chi connectivity index (χ1) is 3.81. The first kappa shape index (κ1) is 7.88. The van der Waals surface area contributed by atoms with Crippen LogP contribution in [0.5, 0.6) is 0 Å². The second-order valence-electron chi connectivity index (χ2n) is 1.93. The van der Waals surface area contributed by atoms with Gasteiger partial charge < -0.3 is 5.11 Å². The molecule has 0 saturated carbocycles. The van der Waals surface area contributed by atoms with E-state index in [-0.39, 0.29) is 6.61 Å². The Morgan fingerprint density at radius 3 is 2.75 bits per heavy atom. The summed E-state index contributed by atoms with van der Waals surface area (Å²) in [5, 5.41) is 8.34. The number of nitrogens with two attached hydrogens (primary N) is 1. The molecule has 0 heterocycles. The molecule has 0 amide bonds. The molecule has 0 bridgehead atoms. The van der Waals surface area contributed by atoms with E-state index in [0.29, 0.717) is 6.04 Å². The van der Waals surface area contributed by atoms with Crippen LogP contribution in [0.2, 0.25) is 0 Å². The average Bonchev–Trinajstić information content (AvgIpc) is 1.83. The number of aliphatic hydroxyl groups excluding tert-OH is 1. The van der Waals surface area contributed by atoms with E-state index in [9.17, 15) is 0 Å². The van der Waals surface area contributed by atoms with Crippen LogP contribution < -0.4 is 11.3 Å². The number of nitrogens with one attached hydrogen (secondary N) is 1. The third-order valence-electron chi connectivity index (χ3n) is 1.08. The van der Waals surface area contributed by atoms with E-state index >= 15 is 0 Å². The highest BCUT2D eigenvalue weighted by Crippen LogP contribution is 1.91. The molecular formula is C5H14N2O. The number of aliphatic hydroxyl groups is 1. The van der Waals surface area contributed by atoms with Crippen molar-refractivity contribution in [1.29, 1.82) is 0 Å². The van der Waals surface area contributed by atoms with Crippen molar-refractivity contribution in [3.63, 3.8) is 0 Å². The minimum Gasteiger partial charge on any atom is -0.396 e. The van der Waals surface area contributed by atoms with Crippen LogP contribution in [-0.4, -0.2) is 17.8 Å². The van der Waals surface area contributed by atoms with E-state index in [2.05, 4.69) is 5.43 Å². The van der Waals surface area contributed by atoms with Gasteiger partial charge in [0.15, 0.2) is 0 Å². The van der Waals surface area contributed by atoms with Crippen molar-refractivity contribution < 1.29 is 5.11 Å². The zero-order valence-electron chi connectivity index (χ0n) is 5.22. The van der Waals surface area contributed by atoms with Gasteiger partial charge in [0.05, 0.1) is 0 Å². The molecule has 0 aliphatic carbocycles. The fourth-order valence-corrected chi connectivity index (χ4v) is 0.481. The van der Waals surface area contributed by atoms with Crippen LogP contribution in [0.1, 0.15) is 19.8 Å². The van der Waals surface area contributed by atoms with Gasteiger partial charge in [-0.05, 0) is 19.8 Å². The summed E-state index contributed by atoms with van der Waals surface area (Å²) in [6.07, 6.45) is 1.76. The first-order valence-corrected chi connectivity index (χ1v) is 2.88. The third kappa shape index (κ3) is 4.05. The molecule has 0 fully saturated rings. The fourth-order valence-electron chi connectivity index (χ4n) is 0.481. The van der Waals surface area contributed by atoms with Gasteiger partial charge in [-0.3, -0.25) is 11.3 Å². The molecule has 4 N–H and O–H groups in total. The lowest BCUT2D eigenvalue weighted by Gasteiger charge is -2.06. The van der Waals surface area contributed by atoms with Crippen molar-refractivity contribution in [2.45, 2.75) is 25.8 Å². The molecule has 0 radical (unpaired) electrons. The Kier molecular flexibility index (Phi) is 4.95. The van der Waals surface area contributed by atoms with Crippen LogP contribution in [0.4, 0.5) is 0 Å². The molecule has 0 rings (SSSR count). The summed E-state index contributed by atoms with van der Waals surface area (Å²) < 4.78 is 0. The quantitative estimate of drug-likeness (QED) is 0.348. The molecule has 8 heavy (non-hydrogen) atoms. The van der Waals surface area contributed by atoms with E-state index in [4.69, 9.17) is 10.9 Å². The lowest BCUT2D eigenvalue weighted by Crippen LogP contribution is -2.32. The topological polar surface area (TPSA) is 58.3 Å². The SMILES string of the molecule is C[C@H](CCCO)NN. The zero-order valence-corrected chi connectivity index (χ0v) is 5.22. The zero-order chi connectivity index (χ0) is 6.41. The Morgan fingerprint density at radius 1 is 1.75 bits per heavy atom. The molecule has 1 atom stereocenters. The van der Waals surface area contributed by atoms with Crippen molar-refractivity contribution >= 4 is 0 Å². The maximum atomic E-state index is 8.34. The molecule has 3 heteroatoms. The van der Waals surface area contributed by atoms with Crippen molar-refractivity contribution in [1.82, 2.24) is 5.43 Å². The largest absolute Gasteiger partial charge is 0.396 e. The monoisotopic (exact) mass is 118 g/mol. The summed E-state index contributed by atoms with van der Waals surface area (Å²) >= 11 is 0. The van der Waals surface area contributed by atoms with Crippen LogP contribution in [-0.2, 0) is 0 Å². The van der Waals surface area contributed by atoms with E-state index in [0.717, 1.165) is 12.8 Å². The molecule has 0 spiro atoms. The molecule has 0 aliphatic rings. The van der Waals surface area contributed by atoms with E-state index in [1.165, 1.54) is 0 Å². The third-order valence-corrected chi connectivity index (χ3v) is 1.08. The Morgan fingerprint density at radius 2 is 2.38 bits per heavy atom. The van der Waals surface area contributed by atoms with Gasteiger partial charge in [0.1, 0.15) is 0 Å². The number of hydrazine groups is 1. The Hall–Kier alpha value is -0.120. The fraction of sp³-hybridized carbons (Fsp3) is 1.00. The highest BCUT2D eigenvalue weighted by Gasteiger charge is 1.94. The highest BCUT2D eigenvalue weighted by molar-refractivity contribution is 4.53. The predicted octanol–water partition coefficient (Wildman–Crippen LogP) is -0.389. The summed E-state index contributed by atoms with van der Waals surface area (Å²) in [6.45, 7) is 2.24. The number of hydrogen-bond donors (Lipinski definition) is 3. The summed E-state index contributed by atoms with van der Waals surface area (Å²) in [5.74, 6) is 5.08. The van der Waals surface area contributed by atoms with Crippen molar-refractivity contribution in [3.8, 4) is 0 Å². The minimum atomic E-state index is 0.256. The summed E-state index contributed by atoms with van der Waals surface area (Å²) in [4.78, 5) is 0. The van der Waals surface area contributed by atoms with Gasteiger partial charge in [-0.15, -0.1) is 0 Å². The molecule has 3 nitrogen and oxygen atoms in total. The Balaban J connectivity index is 2.86. The molecule has 0 saturated heterocycles. The molecule has 0 aromatic heterocycles. The molecular weight excluding hydrogens is 104 g/mol. The maximum absolute atomic E-state index is 8.34. The van der Waals surface area contributed by atoms with Crippen LogP contribution in [0.25, 0.3) is 0 Å². The highest BCUT2D eigenvalue weighted by atomic mass is 16.2. The molecule has 0 aromatic carbocycles. The number of hydrogen-bond acceptors (Lipinski definition) is 3. The van der Waals surface area contributed by atoms with Crippen LogP contribution in [0.3, 0.4) is 0 Å². The van der Waals surface area contributed by atoms with Gasteiger partial charge in [-0.2, -0.15) is 0 Å². The van der Waals surface area contributed by atoms with Crippen molar-refractivity contribution in [3.05, 3.63) is 0 Å². The van der Waals surface area contributed by atoms with Crippen LogP contribution >= 0.6 is 0 Å². The van der Waals surface area contributed by atoms with E-state index in [1.807, 2.05) is 6.92 Å². The normalized spacial score (nSPS) is 13.9. The maximum Gasteiger partial charge on any atom is 0.0431 e. The smallest absolute Gasteiger partial charge is 0.0431 e. The van der Waals surface area contributed by atoms with Gasteiger partial charge in [-0.1, -0.05) is 0 Å². The van der Waals surface area contributed by atoms with Gasteiger partial charge >= 0.3 is 0 Å². The predicted molar refractivity (Wildman–Crippen MR) is 33.1 cm³/mol. The summed E-state index contributed by atoms with van der Waals surface area (Å²) in [7, 11) is 0. The number of rotatable bonds is 4. The molecule has 50 valence electrons. The molecule has 0 aliphatic heterocycles. The first-order valence-electron chi connectivity index (χ1n) is 2.88. The van der Waals surface area contributed by atoms with E-state index in [1.54, 1.807) is 0 Å². The summed E-state index contributed by atoms with van der Waals surface area (Å²) in [6, 6.07) is 0.321. The Bertz CT molecular complexity index is 49.7. The average molecular weight is 118 g/mol. The standard InChI is InChI=1S/C5H14N2O/c1-5(7-6)3-2-4-8/h5,7-8H,2-4,6H2,1H3/t5-/m1/s1. The van der Waals surface area contributed by atoms with Crippen LogP contribution in [0, 0.1) is 0 Å². The van der Waals surface area contributed by atoms with Crippen molar-refractivity contribution in [2.75, 3.05) is 6.61 Å². The van der Waals surface area contributed by atoms with Crippen LogP contribution in [0.15, 0.2) is 0 Å².